The molecule has 0 atom stereocenters. The summed E-state index contributed by atoms with van der Waals surface area (Å²) in [6.45, 7) is 7.25. The molecular formula is C13H17Cl3N4O. The van der Waals surface area contributed by atoms with Gasteiger partial charge in [0.1, 0.15) is 0 Å². The average molecular weight is 352 g/mol. The first-order chi connectivity index (χ1) is 9.51. The normalized spacial score (nSPS) is 11.0. The minimum atomic E-state index is -0.483. The van der Waals surface area contributed by atoms with Crippen LogP contribution in [0.4, 0.5) is 10.5 Å². The van der Waals surface area contributed by atoms with Crippen LogP contribution >= 0.6 is 34.8 Å². The lowest BCUT2D eigenvalue weighted by atomic mass is 10.1. The lowest BCUT2D eigenvalue weighted by Crippen LogP contribution is -2.49. The molecule has 4 N–H and O–H groups in total. The first kappa shape index (κ1) is 17.9. The second-order valence-corrected chi connectivity index (χ2v) is 6.65. The van der Waals surface area contributed by atoms with E-state index in [0.29, 0.717) is 16.3 Å². The van der Waals surface area contributed by atoms with E-state index in [4.69, 9.17) is 40.2 Å². The van der Waals surface area contributed by atoms with Gasteiger partial charge in [-0.25, -0.2) is 4.79 Å². The zero-order chi connectivity index (χ0) is 16.4. The Morgan fingerprint density at radius 2 is 1.76 bits per heavy atom. The molecule has 0 aliphatic heterocycles. The Hall–Kier alpha value is -1.17. The van der Waals surface area contributed by atoms with Crippen LogP contribution in [0.15, 0.2) is 6.07 Å². The summed E-state index contributed by atoms with van der Waals surface area (Å²) in [6.07, 6.45) is 0. The number of benzene rings is 1. The maximum atomic E-state index is 11.7. The summed E-state index contributed by atoms with van der Waals surface area (Å²) in [7, 11) is 0. The zero-order valence-electron chi connectivity index (χ0n) is 12.1. The van der Waals surface area contributed by atoms with E-state index >= 15 is 0 Å². The molecule has 0 radical (unpaired) electrons. The topological polar surface area (TPSA) is 77.0 Å². The number of anilines is 1. The number of urea groups is 1. The predicted molar refractivity (Wildman–Crippen MR) is 89.0 cm³/mol. The van der Waals surface area contributed by atoms with Crippen molar-refractivity contribution in [3.63, 3.8) is 0 Å². The molecule has 1 rings (SSSR count). The van der Waals surface area contributed by atoms with E-state index in [1.807, 2.05) is 20.8 Å². The van der Waals surface area contributed by atoms with Gasteiger partial charge < -0.3 is 10.6 Å². The number of halogens is 3. The van der Waals surface area contributed by atoms with Crippen molar-refractivity contribution in [3.8, 4) is 0 Å². The molecule has 0 heterocycles. The molecule has 0 unspecified atom stereocenters. The van der Waals surface area contributed by atoms with Gasteiger partial charge in [-0.05, 0) is 39.3 Å². The van der Waals surface area contributed by atoms with Crippen molar-refractivity contribution >= 4 is 52.5 Å². The summed E-state index contributed by atoms with van der Waals surface area (Å²) < 4.78 is 0. The molecule has 2 amide bonds. The van der Waals surface area contributed by atoms with Crippen molar-refractivity contribution in [2.45, 2.75) is 33.2 Å². The van der Waals surface area contributed by atoms with Crippen LogP contribution in [0.3, 0.4) is 0 Å². The number of carbonyl (C=O) groups excluding carboxylic acids is 1. The van der Waals surface area contributed by atoms with Gasteiger partial charge in [-0.3, -0.25) is 10.7 Å². The summed E-state index contributed by atoms with van der Waals surface area (Å²) in [5, 5.41) is 16.3. The Bertz CT molecular complexity index is 582. The van der Waals surface area contributed by atoms with E-state index in [1.54, 1.807) is 13.0 Å². The first-order valence-electron chi connectivity index (χ1n) is 6.10. The summed E-state index contributed by atoms with van der Waals surface area (Å²) in [4.78, 5) is 11.7. The summed E-state index contributed by atoms with van der Waals surface area (Å²) in [6, 6.07) is 1.06. The highest BCUT2D eigenvalue weighted by molar-refractivity contribution is 6.48. The molecule has 5 nitrogen and oxygen atoms in total. The molecule has 0 aliphatic rings. The van der Waals surface area contributed by atoms with Gasteiger partial charge in [0.25, 0.3) is 0 Å². The van der Waals surface area contributed by atoms with Crippen molar-refractivity contribution in [2.75, 3.05) is 5.32 Å². The molecule has 0 saturated carbocycles. The fourth-order valence-corrected chi connectivity index (χ4v) is 2.12. The third-order valence-electron chi connectivity index (χ3n) is 2.39. The van der Waals surface area contributed by atoms with Crippen LogP contribution < -0.4 is 16.0 Å². The van der Waals surface area contributed by atoms with Gasteiger partial charge in [0.05, 0.1) is 15.1 Å². The van der Waals surface area contributed by atoms with Crippen molar-refractivity contribution < 1.29 is 4.79 Å². The number of carbonyl (C=O) groups is 1. The van der Waals surface area contributed by atoms with Crippen LogP contribution in [0.5, 0.6) is 0 Å². The minimum Gasteiger partial charge on any atom is -0.333 e. The van der Waals surface area contributed by atoms with Gasteiger partial charge in [-0.2, -0.15) is 0 Å². The average Bonchev–Trinajstić information content (AvgIpc) is 2.30. The number of guanidine groups is 1. The molecule has 21 heavy (non-hydrogen) atoms. The molecule has 0 bridgehead atoms. The highest BCUT2D eigenvalue weighted by Gasteiger charge is 2.16. The maximum Gasteiger partial charge on any atom is 0.321 e. The largest absolute Gasteiger partial charge is 0.333 e. The van der Waals surface area contributed by atoms with E-state index < -0.39 is 11.6 Å². The van der Waals surface area contributed by atoms with Crippen LogP contribution in [-0.2, 0) is 0 Å². The fourth-order valence-electron chi connectivity index (χ4n) is 1.47. The van der Waals surface area contributed by atoms with E-state index in [9.17, 15) is 4.79 Å². The first-order valence-corrected chi connectivity index (χ1v) is 7.23. The van der Waals surface area contributed by atoms with Crippen molar-refractivity contribution in [1.82, 2.24) is 10.6 Å². The lowest BCUT2D eigenvalue weighted by Gasteiger charge is -2.21. The van der Waals surface area contributed by atoms with Gasteiger partial charge in [0.2, 0.25) is 5.96 Å². The summed E-state index contributed by atoms with van der Waals surface area (Å²) in [5.41, 5.74) is 0.733. The van der Waals surface area contributed by atoms with Gasteiger partial charge in [-0.15, -0.1) is 0 Å². The van der Waals surface area contributed by atoms with E-state index in [-0.39, 0.29) is 16.0 Å². The smallest absolute Gasteiger partial charge is 0.321 e. The highest BCUT2D eigenvalue weighted by atomic mass is 35.5. The van der Waals surface area contributed by atoms with Crippen molar-refractivity contribution in [1.29, 1.82) is 5.41 Å². The standard InChI is InChI=1S/C13H17Cl3N4O/c1-6-8(5-7(14)10(16)9(6)15)18-11(17)19-12(21)20-13(2,3)4/h5H,1-4H3,(H4,17,18,19,20,21). The molecule has 0 aliphatic carbocycles. The SMILES string of the molecule is Cc1c(NC(=N)NC(=O)NC(C)(C)C)cc(Cl)c(Cl)c1Cl. The molecule has 1 aromatic rings. The van der Waals surface area contributed by atoms with Crippen LogP contribution in [0.2, 0.25) is 15.1 Å². The Labute approximate surface area is 138 Å². The van der Waals surface area contributed by atoms with E-state index in [1.165, 1.54) is 0 Å². The lowest BCUT2D eigenvalue weighted by molar-refractivity contribution is 0.236. The van der Waals surface area contributed by atoms with Gasteiger partial charge in [0.15, 0.2) is 0 Å². The summed E-state index contributed by atoms with van der Waals surface area (Å²) in [5.74, 6) is -0.200. The van der Waals surface area contributed by atoms with E-state index in [2.05, 4.69) is 16.0 Å². The quantitative estimate of drug-likeness (QED) is 0.344. The Kier molecular flexibility index (Phi) is 5.73. The van der Waals surface area contributed by atoms with Crippen LogP contribution in [0.25, 0.3) is 0 Å². The van der Waals surface area contributed by atoms with Gasteiger partial charge in [0, 0.05) is 11.2 Å². The maximum absolute atomic E-state index is 11.7. The minimum absolute atomic E-state index is 0.200. The third kappa shape index (κ3) is 5.26. The highest BCUT2D eigenvalue weighted by Crippen LogP contribution is 2.36. The van der Waals surface area contributed by atoms with Crippen LogP contribution in [0, 0.1) is 12.3 Å². The van der Waals surface area contributed by atoms with Crippen LogP contribution in [-0.4, -0.2) is 17.5 Å². The Morgan fingerprint density at radius 1 is 1.19 bits per heavy atom. The summed E-state index contributed by atoms with van der Waals surface area (Å²) >= 11 is 17.9. The molecule has 116 valence electrons. The predicted octanol–water partition coefficient (Wildman–Crippen LogP) is 4.40. The number of nitrogens with one attached hydrogen (secondary N) is 4. The second-order valence-electron chi connectivity index (χ2n) is 5.49. The van der Waals surface area contributed by atoms with Crippen molar-refractivity contribution in [3.05, 3.63) is 26.7 Å². The number of rotatable bonds is 1. The molecule has 8 heteroatoms. The van der Waals surface area contributed by atoms with Gasteiger partial charge in [-0.1, -0.05) is 34.8 Å². The molecule has 0 spiro atoms. The number of hydrogen-bond acceptors (Lipinski definition) is 2. The third-order valence-corrected chi connectivity index (χ3v) is 3.75. The van der Waals surface area contributed by atoms with Crippen LogP contribution in [0.1, 0.15) is 26.3 Å². The Balaban J connectivity index is 2.79. The Morgan fingerprint density at radius 3 is 2.29 bits per heavy atom. The number of hydrogen-bond donors (Lipinski definition) is 4. The molecule has 1 aromatic carbocycles. The van der Waals surface area contributed by atoms with Gasteiger partial charge >= 0.3 is 6.03 Å². The van der Waals surface area contributed by atoms with E-state index in [0.717, 1.165) is 0 Å². The fraction of sp³-hybridized carbons (Fsp3) is 0.385. The number of amides is 2. The zero-order valence-corrected chi connectivity index (χ0v) is 14.4. The molecule has 0 aromatic heterocycles. The monoisotopic (exact) mass is 350 g/mol. The molecular weight excluding hydrogens is 335 g/mol. The van der Waals surface area contributed by atoms with Crippen molar-refractivity contribution in [2.24, 2.45) is 0 Å². The second kappa shape index (κ2) is 6.73. The molecule has 0 fully saturated rings. The molecule has 0 saturated heterocycles.